The number of likely N-dealkylation sites (N-methyl/N-ethyl adjacent to an activating group) is 1. The van der Waals surface area contributed by atoms with Crippen molar-refractivity contribution in [2.75, 3.05) is 7.05 Å². The van der Waals surface area contributed by atoms with Gasteiger partial charge in [-0.15, -0.1) is 11.8 Å². The third-order valence-electron chi connectivity index (χ3n) is 7.81. The number of thioether (sulfide) groups is 1. The first-order valence-electron chi connectivity index (χ1n) is 11.9. The van der Waals surface area contributed by atoms with Crippen LogP contribution in [0.25, 0.3) is 6.08 Å². The number of nitrogens with zero attached hydrogens (tertiary/aromatic N) is 1. The van der Waals surface area contributed by atoms with Gasteiger partial charge in [0.2, 0.25) is 5.91 Å². The molecule has 1 N–H and O–H groups in total. The van der Waals surface area contributed by atoms with E-state index in [9.17, 15) is 9.59 Å². The number of amides is 2. The monoisotopic (exact) mass is 440 g/mol. The quantitative estimate of drug-likeness (QED) is 0.672. The van der Waals surface area contributed by atoms with Gasteiger partial charge < -0.3 is 10.2 Å². The van der Waals surface area contributed by atoms with Crippen LogP contribution in [0.15, 0.2) is 29.2 Å². The topological polar surface area (TPSA) is 49.4 Å². The Hall–Kier alpha value is -1.75. The molecule has 0 bridgehead atoms. The van der Waals surface area contributed by atoms with E-state index in [4.69, 9.17) is 0 Å². The fourth-order valence-corrected chi connectivity index (χ4v) is 7.01. The molecule has 31 heavy (non-hydrogen) atoms. The van der Waals surface area contributed by atoms with Gasteiger partial charge in [0.1, 0.15) is 0 Å². The lowest BCUT2D eigenvalue weighted by atomic mass is 9.77. The third-order valence-corrected chi connectivity index (χ3v) is 9.21. The largest absolute Gasteiger partial charge is 0.353 e. The van der Waals surface area contributed by atoms with Crippen molar-refractivity contribution >= 4 is 29.7 Å². The summed E-state index contributed by atoms with van der Waals surface area (Å²) in [5, 5.41) is 3.75. The molecular weight excluding hydrogens is 404 g/mol. The number of fused-ring (bicyclic) bond motifs is 1. The van der Waals surface area contributed by atoms with Crippen LogP contribution < -0.4 is 5.32 Å². The molecule has 2 aliphatic carbocycles. The van der Waals surface area contributed by atoms with Gasteiger partial charge in [-0.1, -0.05) is 56.5 Å². The second-order valence-corrected chi connectivity index (χ2v) is 11.2. The number of carbonyl (C=O) groups excluding carboxylic acids is 2. The summed E-state index contributed by atoms with van der Waals surface area (Å²) in [6, 6.07) is 8.71. The Morgan fingerprint density at radius 3 is 2.77 bits per heavy atom. The Kier molecular flexibility index (Phi) is 6.80. The first kappa shape index (κ1) is 22.4. The van der Waals surface area contributed by atoms with E-state index in [1.54, 1.807) is 11.8 Å². The van der Waals surface area contributed by atoms with E-state index in [1.807, 2.05) is 30.2 Å². The van der Waals surface area contributed by atoms with Crippen molar-refractivity contribution in [3.63, 3.8) is 0 Å². The molecule has 2 amide bonds. The zero-order valence-electron chi connectivity index (χ0n) is 19.3. The van der Waals surface area contributed by atoms with Crippen LogP contribution in [0.1, 0.15) is 63.5 Å². The van der Waals surface area contributed by atoms with Gasteiger partial charge in [0.05, 0.1) is 4.91 Å². The van der Waals surface area contributed by atoms with Gasteiger partial charge in [0, 0.05) is 30.3 Å². The molecule has 3 aliphatic rings. The van der Waals surface area contributed by atoms with Crippen LogP contribution in [0, 0.1) is 24.7 Å². The molecule has 0 spiro atoms. The van der Waals surface area contributed by atoms with Gasteiger partial charge in [0.15, 0.2) is 0 Å². The highest BCUT2D eigenvalue weighted by Crippen LogP contribution is 2.43. The molecule has 1 saturated heterocycles. The molecule has 1 aromatic carbocycles. The highest BCUT2D eigenvalue weighted by atomic mass is 32.2. The van der Waals surface area contributed by atoms with E-state index in [0.29, 0.717) is 23.1 Å². The maximum absolute atomic E-state index is 13.1. The number of hydrogen-bond acceptors (Lipinski definition) is 3. The van der Waals surface area contributed by atoms with E-state index < -0.39 is 0 Å². The fraction of sp³-hybridized carbons (Fsp3) is 0.615. The maximum atomic E-state index is 13.1. The Labute approximate surface area is 191 Å². The van der Waals surface area contributed by atoms with E-state index in [0.717, 1.165) is 36.2 Å². The van der Waals surface area contributed by atoms with Crippen molar-refractivity contribution in [1.29, 1.82) is 0 Å². The fourth-order valence-electron chi connectivity index (χ4n) is 5.53. The Balaban J connectivity index is 1.41. The van der Waals surface area contributed by atoms with E-state index >= 15 is 0 Å². The minimum atomic E-state index is 0.0174. The van der Waals surface area contributed by atoms with Crippen molar-refractivity contribution < 1.29 is 9.59 Å². The van der Waals surface area contributed by atoms with Crippen molar-refractivity contribution in [2.24, 2.45) is 17.8 Å². The molecule has 1 aliphatic heterocycles. The molecule has 2 saturated carbocycles. The number of hydrogen-bond donors (Lipinski definition) is 1. The van der Waals surface area contributed by atoms with Crippen LogP contribution in [0.2, 0.25) is 0 Å². The zero-order chi connectivity index (χ0) is 22.1. The molecule has 6 atom stereocenters. The highest BCUT2D eigenvalue weighted by Gasteiger charge is 2.43. The lowest BCUT2D eigenvalue weighted by Gasteiger charge is -2.44. The average molecular weight is 441 g/mol. The van der Waals surface area contributed by atoms with Crippen molar-refractivity contribution in [2.45, 2.75) is 76.6 Å². The summed E-state index contributed by atoms with van der Waals surface area (Å²) in [5.74, 6) is 1.52. The lowest BCUT2D eigenvalue weighted by molar-refractivity contribution is -0.132. The number of benzene rings is 1. The van der Waals surface area contributed by atoms with Gasteiger partial charge >= 0.3 is 0 Å². The standard InChI is InChI=1S/C26H36N2O2S/c1-16-7-5-9-19(13-16)14-24-26(30)28(4)22-15-20(11-12-23(22)31-24)25(29)27-21-10-6-8-17(2)18(21)3/h5,7,9,13-14,17-18,20-23H,6,8,10-12,15H2,1-4H3,(H,27,29)/b24-14-. The van der Waals surface area contributed by atoms with E-state index in [2.05, 4.69) is 38.2 Å². The summed E-state index contributed by atoms with van der Waals surface area (Å²) in [7, 11) is 1.91. The Bertz CT molecular complexity index is 867. The average Bonchev–Trinajstić information content (AvgIpc) is 2.75. The summed E-state index contributed by atoms with van der Waals surface area (Å²) in [6.45, 7) is 6.65. The molecule has 1 heterocycles. The highest BCUT2D eigenvalue weighted by molar-refractivity contribution is 8.04. The number of aryl methyl sites for hydroxylation is 1. The third kappa shape index (κ3) is 4.87. The van der Waals surface area contributed by atoms with Gasteiger partial charge in [-0.05, 0) is 56.1 Å². The van der Waals surface area contributed by atoms with Gasteiger partial charge in [-0.3, -0.25) is 9.59 Å². The summed E-state index contributed by atoms with van der Waals surface area (Å²) in [5.41, 5.74) is 2.27. The van der Waals surface area contributed by atoms with Crippen molar-refractivity contribution in [3.8, 4) is 0 Å². The molecule has 4 rings (SSSR count). The smallest absolute Gasteiger partial charge is 0.260 e. The van der Waals surface area contributed by atoms with Crippen molar-refractivity contribution in [1.82, 2.24) is 10.2 Å². The molecule has 4 nitrogen and oxygen atoms in total. The molecule has 6 unspecified atom stereocenters. The van der Waals surface area contributed by atoms with Crippen LogP contribution >= 0.6 is 11.8 Å². The van der Waals surface area contributed by atoms with E-state index in [1.165, 1.54) is 18.4 Å². The van der Waals surface area contributed by atoms with E-state index in [-0.39, 0.29) is 23.8 Å². The van der Waals surface area contributed by atoms with Crippen LogP contribution in [-0.2, 0) is 9.59 Å². The number of rotatable bonds is 3. The lowest BCUT2D eigenvalue weighted by Crippen LogP contribution is -2.53. The summed E-state index contributed by atoms with van der Waals surface area (Å²) < 4.78 is 0. The minimum absolute atomic E-state index is 0.0174. The summed E-state index contributed by atoms with van der Waals surface area (Å²) in [6.07, 6.45) is 8.26. The van der Waals surface area contributed by atoms with Crippen LogP contribution in [-0.4, -0.2) is 41.1 Å². The van der Waals surface area contributed by atoms with Gasteiger partial charge in [-0.25, -0.2) is 0 Å². The second-order valence-electron chi connectivity index (χ2n) is 9.95. The number of nitrogens with one attached hydrogen (secondary N) is 1. The minimum Gasteiger partial charge on any atom is -0.353 e. The SMILES string of the molecule is Cc1cccc(/C=C2\SC3CCC(C(=O)NC4CCCC(C)C4C)CC3N(C)C2=O)c1. The Morgan fingerprint density at radius 1 is 1.19 bits per heavy atom. The molecule has 1 aromatic rings. The molecule has 3 fully saturated rings. The van der Waals surface area contributed by atoms with Crippen molar-refractivity contribution in [3.05, 3.63) is 40.3 Å². The molecule has 168 valence electrons. The molecule has 0 aromatic heterocycles. The first-order valence-corrected chi connectivity index (χ1v) is 12.7. The predicted octanol–water partition coefficient (Wildman–Crippen LogP) is 5.02. The molecule has 0 radical (unpaired) electrons. The van der Waals surface area contributed by atoms with Crippen LogP contribution in [0.5, 0.6) is 0 Å². The summed E-state index contributed by atoms with van der Waals surface area (Å²) in [4.78, 5) is 28.9. The predicted molar refractivity (Wildman–Crippen MR) is 129 cm³/mol. The second kappa shape index (κ2) is 9.40. The Morgan fingerprint density at radius 2 is 2.00 bits per heavy atom. The van der Waals surface area contributed by atoms with Gasteiger partial charge in [0.25, 0.3) is 5.91 Å². The summed E-state index contributed by atoms with van der Waals surface area (Å²) >= 11 is 1.72. The first-order chi connectivity index (χ1) is 14.8. The van der Waals surface area contributed by atoms with Crippen LogP contribution in [0.3, 0.4) is 0 Å². The van der Waals surface area contributed by atoms with Crippen LogP contribution in [0.4, 0.5) is 0 Å². The number of carbonyl (C=O) groups is 2. The molecule has 5 heteroatoms. The normalized spacial score (nSPS) is 35.0. The maximum Gasteiger partial charge on any atom is 0.260 e. The van der Waals surface area contributed by atoms with Gasteiger partial charge in [-0.2, -0.15) is 0 Å². The molecular formula is C26H36N2O2S. The zero-order valence-corrected chi connectivity index (χ0v) is 20.1.